The molecule has 0 spiro atoms. The second kappa shape index (κ2) is 4.14. The Morgan fingerprint density at radius 3 is 1.43 bits per heavy atom. The third-order valence-corrected chi connectivity index (χ3v) is 3.45. The van der Waals surface area contributed by atoms with E-state index in [1.165, 1.54) is 27.8 Å². The fourth-order valence-corrected chi connectivity index (χ4v) is 2.24. The van der Waals surface area contributed by atoms with Crippen molar-refractivity contribution in [1.82, 2.24) is 0 Å². The van der Waals surface area contributed by atoms with Crippen LogP contribution in [0.5, 0.6) is 0 Å². The van der Waals surface area contributed by atoms with Gasteiger partial charge in [-0.25, -0.2) is 0 Å². The molecule has 0 radical (unpaired) electrons. The molecule has 14 heavy (non-hydrogen) atoms. The standard InChI is InChI=1S/C13H20O/c1-6-12-8(2)10(4)13(7-14)11(5)9(12)3/h14H,6-7H2,1-5H3. The molecule has 0 fully saturated rings. The van der Waals surface area contributed by atoms with E-state index in [1.54, 1.807) is 0 Å². The van der Waals surface area contributed by atoms with Crippen molar-refractivity contribution in [3.05, 3.63) is 33.4 Å². The Morgan fingerprint density at radius 1 is 0.786 bits per heavy atom. The van der Waals surface area contributed by atoms with Crippen molar-refractivity contribution >= 4 is 0 Å². The molecule has 1 aromatic rings. The summed E-state index contributed by atoms with van der Waals surface area (Å²) in [7, 11) is 0. The van der Waals surface area contributed by atoms with Crippen molar-refractivity contribution < 1.29 is 5.11 Å². The molecule has 0 amide bonds. The monoisotopic (exact) mass is 192 g/mol. The van der Waals surface area contributed by atoms with E-state index in [9.17, 15) is 5.11 Å². The minimum atomic E-state index is 0.156. The quantitative estimate of drug-likeness (QED) is 0.763. The molecule has 0 aliphatic rings. The number of aliphatic hydroxyl groups excluding tert-OH is 1. The molecule has 78 valence electrons. The molecule has 0 aliphatic heterocycles. The van der Waals surface area contributed by atoms with Gasteiger partial charge in [0.1, 0.15) is 0 Å². The molecule has 0 bridgehead atoms. The zero-order chi connectivity index (χ0) is 10.9. The molecule has 1 N–H and O–H groups in total. The topological polar surface area (TPSA) is 20.2 Å². The first-order valence-corrected chi connectivity index (χ1v) is 5.23. The Kier molecular flexibility index (Phi) is 3.33. The molecule has 0 saturated heterocycles. The molecule has 0 atom stereocenters. The van der Waals surface area contributed by atoms with Gasteiger partial charge in [-0.3, -0.25) is 0 Å². The Labute approximate surface area is 86.8 Å². The van der Waals surface area contributed by atoms with Gasteiger partial charge in [-0.05, 0) is 67.5 Å². The van der Waals surface area contributed by atoms with Crippen LogP contribution in [0.25, 0.3) is 0 Å². The first kappa shape index (κ1) is 11.3. The number of aliphatic hydroxyl groups is 1. The molecule has 0 aromatic heterocycles. The van der Waals surface area contributed by atoms with Crippen LogP contribution in [0, 0.1) is 27.7 Å². The maximum atomic E-state index is 9.31. The van der Waals surface area contributed by atoms with Gasteiger partial charge in [-0.2, -0.15) is 0 Å². The minimum absolute atomic E-state index is 0.156. The Hall–Kier alpha value is -0.820. The predicted molar refractivity (Wildman–Crippen MR) is 60.7 cm³/mol. The van der Waals surface area contributed by atoms with E-state index in [0.29, 0.717) is 0 Å². The Morgan fingerprint density at radius 2 is 1.14 bits per heavy atom. The smallest absolute Gasteiger partial charge is 0.0687 e. The van der Waals surface area contributed by atoms with Crippen molar-refractivity contribution in [2.75, 3.05) is 0 Å². The van der Waals surface area contributed by atoms with Crippen molar-refractivity contribution in [3.63, 3.8) is 0 Å². The van der Waals surface area contributed by atoms with Crippen LogP contribution in [-0.4, -0.2) is 5.11 Å². The Bertz CT molecular complexity index is 287. The predicted octanol–water partition coefficient (Wildman–Crippen LogP) is 2.97. The first-order valence-electron chi connectivity index (χ1n) is 5.23. The van der Waals surface area contributed by atoms with Gasteiger partial charge in [-0.15, -0.1) is 0 Å². The van der Waals surface area contributed by atoms with E-state index in [2.05, 4.69) is 34.6 Å². The molecule has 0 unspecified atom stereocenters. The largest absolute Gasteiger partial charge is 0.392 e. The van der Waals surface area contributed by atoms with Crippen LogP contribution in [0.4, 0.5) is 0 Å². The Balaban J connectivity index is 3.55. The summed E-state index contributed by atoms with van der Waals surface area (Å²) in [6.45, 7) is 10.9. The lowest BCUT2D eigenvalue weighted by Crippen LogP contribution is -2.04. The highest BCUT2D eigenvalue weighted by Gasteiger charge is 2.12. The van der Waals surface area contributed by atoms with Crippen LogP contribution in [0.2, 0.25) is 0 Å². The van der Waals surface area contributed by atoms with Crippen molar-refractivity contribution in [3.8, 4) is 0 Å². The summed E-state index contributed by atoms with van der Waals surface area (Å²) in [5.74, 6) is 0. The van der Waals surface area contributed by atoms with E-state index >= 15 is 0 Å². The van der Waals surface area contributed by atoms with E-state index in [1.807, 2.05) is 0 Å². The highest BCUT2D eigenvalue weighted by Crippen LogP contribution is 2.26. The summed E-state index contributed by atoms with van der Waals surface area (Å²) in [6, 6.07) is 0. The third-order valence-electron chi connectivity index (χ3n) is 3.45. The number of hydrogen-bond acceptors (Lipinski definition) is 1. The molecule has 0 saturated carbocycles. The van der Waals surface area contributed by atoms with Gasteiger partial charge in [-0.1, -0.05) is 6.92 Å². The van der Waals surface area contributed by atoms with Gasteiger partial charge in [0.25, 0.3) is 0 Å². The zero-order valence-corrected chi connectivity index (χ0v) is 9.86. The average molecular weight is 192 g/mol. The van der Waals surface area contributed by atoms with Crippen LogP contribution >= 0.6 is 0 Å². The van der Waals surface area contributed by atoms with Gasteiger partial charge in [0.05, 0.1) is 6.61 Å². The summed E-state index contributed by atoms with van der Waals surface area (Å²) in [5.41, 5.74) is 7.76. The van der Waals surface area contributed by atoms with E-state index < -0.39 is 0 Å². The van der Waals surface area contributed by atoms with Crippen LogP contribution in [0.15, 0.2) is 0 Å². The summed E-state index contributed by atoms with van der Waals surface area (Å²) < 4.78 is 0. The molecule has 1 aromatic carbocycles. The fraction of sp³-hybridized carbons (Fsp3) is 0.538. The van der Waals surface area contributed by atoms with Crippen molar-refractivity contribution in [2.24, 2.45) is 0 Å². The number of rotatable bonds is 2. The van der Waals surface area contributed by atoms with Gasteiger partial charge in [0.15, 0.2) is 0 Å². The summed E-state index contributed by atoms with van der Waals surface area (Å²) in [5, 5.41) is 9.31. The number of hydrogen-bond donors (Lipinski definition) is 1. The lowest BCUT2D eigenvalue weighted by molar-refractivity contribution is 0.280. The average Bonchev–Trinajstić information content (AvgIpc) is 2.17. The zero-order valence-electron chi connectivity index (χ0n) is 9.86. The highest BCUT2D eigenvalue weighted by molar-refractivity contribution is 5.49. The molecule has 1 heteroatoms. The SMILES string of the molecule is CCc1c(C)c(C)c(CO)c(C)c1C. The summed E-state index contributed by atoms with van der Waals surface area (Å²) in [6.07, 6.45) is 1.07. The molecular weight excluding hydrogens is 172 g/mol. The lowest BCUT2D eigenvalue weighted by Gasteiger charge is -2.18. The molecule has 1 nitrogen and oxygen atoms in total. The van der Waals surface area contributed by atoms with Gasteiger partial charge >= 0.3 is 0 Å². The normalized spacial score (nSPS) is 10.7. The minimum Gasteiger partial charge on any atom is -0.392 e. The third kappa shape index (κ3) is 1.57. The second-order valence-corrected chi connectivity index (χ2v) is 3.97. The van der Waals surface area contributed by atoms with Crippen LogP contribution < -0.4 is 0 Å². The van der Waals surface area contributed by atoms with Crippen LogP contribution in [0.1, 0.15) is 40.3 Å². The summed E-state index contributed by atoms with van der Waals surface area (Å²) in [4.78, 5) is 0. The summed E-state index contributed by atoms with van der Waals surface area (Å²) >= 11 is 0. The maximum Gasteiger partial charge on any atom is 0.0687 e. The van der Waals surface area contributed by atoms with E-state index in [-0.39, 0.29) is 6.61 Å². The maximum absolute atomic E-state index is 9.31. The lowest BCUT2D eigenvalue weighted by atomic mass is 9.88. The number of benzene rings is 1. The molecule has 1 rings (SSSR count). The molecule has 0 heterocycles. The van der Waals surface area contributed by atoms with Gasteiger partial charge in [0.2, 0.25) is 0 Å². The van der Waals surface area contributed by atoms with Gasteiger partial charge < -0.3 is 5.11 Å². The van der Waals surface area contributed by atoms with Crippen LogP contribution in [0.3, 0.4) is 0 Å². The van der Waals surface area contributed by atoms with Crippen molar-refractivity contribution in [2.45, 2.75) is 47.6 Å². The fourth-order valence-electron chi connectivity index (χ4n) is 2.24. The van der Waals surface area contributed by atoms with Crippen LogP contribution in [-0.2, 0) is 13.0 Å². The van der Waals surface area contributed by atoms with E-state index in [4.69, 9.17) is 0 Å². The molecule has 0 aliphatic carbocycles. The van der Waals surface area contributed by atoms with Gasteiger partial charge in [0, 0.05) is 0 Å². The van der Waals surface area contributed by atoms with Crippen molar-refractivity contribution in [1.29, 1.82) is 0 Å². The second-order valence-electron chi connectivity index (χ2n) is 3.97. The highest BCUT2D eigenvalue weighted by atomic mass is 16.3. The first-order chi connectivity index (χ1) is 6.54. The molecular formula is C13H20O. The van der Waals surface area contributed by atoms with E-state index in [0.717, 1.165) is 12.0 Å².